The Morgan fingerprint density at radius 3 is 2.46 bits per heavy atom. The number of nitrogens with one attached hydrogen (secondary N) is 1. The van der Waals surface area contributed by atoms with Crippen molar-refractivity contribution in [3.63, 3.8) is 0 Å². The number of rotatable bonds is 3. The van der Waals surface area contributed by atoms with E-state index in [9.17, 15) is 9.59 Å². The largest absolute Gasteiger partial charge is 0.304 e. The highest BCUT2D eigenvalue weighted by molar-refractivity contribution is 5.91. The SMILES string of the molecule is Cc1cc(=O)c(C(=O)NN2CCN(C)CC2)nn1-c1ccccc1. The van der Waals surface area contributed by atoms with Crippen LogP contribution in [0.4, 0.5) is 0 Å². The van der Waals surface area contributed by atoms with Crippen LogP contribution < -0.4 is 10.9 Å². The Morgan fingerprint density at radius 1 is 1.12 bits per heavy atom. The third-order valence-corrected chi connectivity index (χ3v) is 4.09. The highest BCUT2D eigenvalue weighted by Crippen LogP contribution is 2.08. The van der Waals surface area contributed by atoms with Gasteiger partial charge in [-0.3, -0.25) is 15.0 Å². The number of likely N-dealkylation sites (N-methyl/N-ethyl adjacent to an activating group) is 1. The van der Waals surface area contributed by atoms with E-state index in [1.54, 1.807) is 11.6 Å². The van der Waals surface area contributed by atoms with Crippen molar-refractivity contribution in [3.8, 4) is 5.69 Å². The molecule has 0 aliphatic carbocycles. The molecule has 1 aromatic heterocycles. The van der Waals surface area contributed by atoms with Gasteiger partial charge in [-0.05, 0) is 26.1 Å². The van der Waals surface area contributed by atoms with Crippen molar-refractivity contribution in [2.75, 3.05) is 33.2 Å². The average molecular weight is 327 g/mol. The van der Waals surface area contributed by atoms with Crippen LogP contribution in [0.2, 0.25) is 0 Å². The summed E-state index contributed by atoms with van der Waals surface area (Å²) < 4.78 is 1.61. The Labute approximate surface area is 140 Å². The van der Waals surface area contributed by atoms with E-state index >= 15 is 0 Å². The van der Waals surface area contributed by atoms with E-state index in [1.165, 1.54) is 6.07 Å². The fraction of sp³-hybridized carbons (Fsp3) is 0.353. The van der Waals surface area contributed by atoms with Crippen LogP contribution in [0.5, 0.6) is 0 Å². The lowest BCUT2D eigenvalue weighted by atomic mass is 10.2. The molecule has 0 spiro atoms. The normalized spacial score (nSPS) is 16.1. The number of nitrogens with zero attached hydrogens (tertiary/aromatic N) is 4. The summed E-state index contributed by atoms with van der Waals surface area (Å²) in [5.74, 6) is -0.464. The summed E-state index contributed by atoms with van der Waals surface area (Å²) in [6.07, 6.45) is 0. The number of aromatic nitrogens is 2. The standard InChI is InChI=1S/C17H21N5O2/c1-13-12-15(23)16(18-22(13)14-6-4-3-5-7-14)17(24)19-21-10-8-20(2)9-11-21/h3-7,12H,8-11H2,1-2H3,(H,19,24). The van der Waals surface area contributed by atoms with E-state index in [1.807, 2.05) is 42.4 Å². The van der Waals surface area contributed by atoms with Gasteiger partial charge >= 0.3 is 0 Å². The Morgan fingerprint density at radius 2 is 1.79 bits per heavy atom. The number of piperazine rings is 1. The number of carbonyl (C=O) groups is 1. The number of hydrogen-bond donors (Lipinski definition) is 1. The zero-order chi connectivity index (χ0) is 17.1. The van der Waals surface area contributed by atoms with Crippen LogP contribution >= 0.6 is 0 Å². The van der Waals surface area contributed by atoms with E-state index in [-0.39, 0.29) is 11.1 Å². The lowest BCUT2D eigenvalue weighted by molar-refractivity contribution is 0.0655. The lowest BCUT2D eigenvalue weighted by Gasteiger charge is -2.32. The molecule has 0 saturated carbocycles. The molecule has 7 nitrogen and oxygen atoms in total. The second kappa shape index (κ2) is 6.94. The number of benzene rings is 1. The summed E-state index contributed by atoms with van der Waals surface area (Å²) in [7, 11) is 2.04. The third-order valence-electron chi connectivity index (χ3n) is 4.09. The summed E-state index contributed by atoms with van der Waals surface area (Å²) in [4.78, 5) is 26.9. The first kappa shape index (κ1) is 16.4. The molecule has 1 N–H and O–H groups in total. The van der Waals surface area contributed by atoms with Gasteiger partial charge in [0.05, 0.1) is 5.69 Å². The van der Waals surface area contributed by atoms with Crippen LogP contribution in [-0.2, 0) is 0 Å². The highest BCUT2D eigenvalue weighted by Gasteiger charge is 2.20. The van der Waals surface area contributed by atoms with Crippen LogP contribution in [0.25, 0.3) is 5.69 Å². The Bertz CT molecular complexity index is 779. The number of amides is 1. The second-order valence-corrected chi connectivity index (χ2v) is 5.98. The quantitative estimate of drug-likeness (QED) is 0.885. The van der Waals surface area contributed by atoms with Crippen molar-refractivity contribution in [3.05, 3.63) is 58.0 Å². The van der Waals surface area contributed by atoms with E-state index in [2.05, 4.69) is 15.4 Å². The first-order valence-corrected chi connectivity index (χ1v) is 7.95. The van der Waals surface area contributed by atoms with Gasteiger partial charge in [-0.2, -0.15) is 5.10 Å². The second-order valence-electron chi connectivity index (χ2n) is 5.98. The van der Waals surface area contributed by atoms with E-state index in [4.69, 9.17) is 0 Å². The zero-order valence-corrected chi connectivity index (χ0v) is 13.9. The first-order chi connectivity index (χ1) is 11.5. The maximum atomic E-state index is 12.5. The van der Waals surface area contributed by atoms with E-state index in [0.717, 1.165) is 31.9 Å². The van der Waals surface area contributed by atoms with E-state index in [0.29, 0.717) is 5.69 Å². The van der Waals surface area contributed by atoms with Gasteiger partial charge in [0.1, 0.15) is 0 Å². The number of para-hydroxylation sites is 1. The molecule has 1 fully saturated rings. The summed E-state index contributed by atoms with van der Waals surface area (Å²) in [5.41, 5.74) is 3.81. The van der Waals surface area contributed by atoms with Crippen LogP contribution in [-0.4, -0.2) is 58.8 Å². The van der Waals surface area contributed by atoms with Crippen molar-refractivity contribution in [1.29, 1.82) is 0 Å². The maximum absolute atomic E-state index is 12.5. The molecule has 0 unspecified atom stereocenters. The Hall–Kier alpha value is -2.51. The van der Waals surface area contributed by atoms with Crippen molar-refractivity contribution in [1.82, 2.24) is 25.1 Å². The van der Waals surface area contributed by atoms with Crippen LogP contribution in [0.15, 0.2) is 41.2 Å². The van der Waals surface area contributed by atoms with Gasteiger partial charge in [-0.1, -0.05) is 18.2 Å². The molecular formula is C17H21N5O2. The fourth-order valence-corrected chi connectivity index (χ4v) is 2.65. The molecule has 1 aliphatic heterocycles. The third kappa shape index (κ3) is 3.52. The molecule has 2 heterocycles. The van der Waals surface area contributed by atoms with Crippen molar-refractivity contribution in [2.45, 2.75) is 6.92 Å². The fourth-order valence-electron chi connectivity index (χ4n) is 2.65. The number of hydrazine groups is 1. The molecule has 1 aliphatic rings. The molecule has 0 atom stereocenters. The minimum absolute atomic E-state index is 0.0941. The lowest BCUT2D eigenvalue weighted by Crippen LogP contribution is -2.53. The number of hydrogen-bond acceptors (Lipinski definition) is 5. The summed E-state index contributed by atoms with van der Waals surface area (Å²) in [6, 6.07) is 10.9. The maximum Gasteiger partial charge on any atom is 0.290 e. The number of carbonyl (C=O) groups excluding carboxylic acids is 1. The molecule has 1 aromatic carbocycles. The monoisotopic (exact) mass is 327 g/mol. The van der Waals surface area contributed by atoms with Crippen LogP contribution in [0.1, 0.15) is 16.2 Å². The van der Waals surface area contributed by atoms with E-state index < -0.39 is 5.91 Å². The molecule has 1 saturated heterocycles. The smallest absolute Gasteiger partial charge is 0.290 e. The molecule has 7 heteroatoms. The Balaban J connectivity index is 1.85. The van der Waals surface area contributed by atoms with Crippen molar-refractivity contribution >= 4 is 5.91 Å². The molecule has 24 heavy (non-hydrogen) atoms. The molecular weight excluding hydrogens is 306 g/mol. The summed E-state index contributed by atoms with van der Waals surface area (Å²) in [5, 5.41) is 6.11. The van der Waals surface area contributed by atoms with Gasteiger partial charge in [-0.15, -0.1) is 0 Å². The minimum atomic E-state index is -0.464. The summed E-state index contributed by atoms with van der Waals surface area (Å²) in [6.45, 7) is 4.98. The van der Waals surface area contributed by atoms with Crippen LogP contribution in [0.3, 0.4) is 0 Å². The van der Waals surface area contributed by atoms with Crippen molar-refractivity contribution < 1.29 is 4.79 Å². The predicted octanol–water partition coefficient (Wildman–Crippen LogP) is 0.433. The Kier molecular flexibility index (Phi) is 4.73. The highest BCUT2D eigenvalue weighted by atomic mass is 16.2. The minimum Gasteiger partial charge on any atom is -0.304 e. The van der Waals surface area contributed by atoms with Gasteiger partial charge in [-0.25, -0.2) is 9.69 Å². The van der Waals surface area contributed by atoms with Gasteiger partial charge in [0, 0.05) is 37.9 Å². The molecule has 126 valence electrons. The average Bonchev–Trinajstić information content (AvgIpc) is 2.58. The molecule has 0 radical (unpaired) electrons. The zero-order valence-electron chi connectivity index (χ0n) is 13.9. The van der Waals surface area contributed by atoms with Crippen LogP contribution in [0, 0.1) is 6.92 Å². The predicted molar refractivity (Wildman–Crippen MR) is 91.1 cm³/mol. The number of aryl methyl sites for hydroxylation is 1. The van der Waals surface area contributed by atoms with Gasteiger partial charge < -0.3 is 4.90 Å². The van der Waals surface area contributed by atoms with Gasteiger partial charge in [0.15, 0.2) is 5.69 Å². The van der Waals surface area contributed by atoms with Crippen molar-refractivity contribution in [2.24, 2.45) is 0 Å². The molecule has 2 aromatic rings. The molecule has 1 amide bonds. The topological polar surface area (TPSA) is 70.5 Å². The first-order valence-electron chi connectivity index (χ1n) is 7.95. The summed E-state index contributed by atoms with van der Waals surface area (Å²) >= 11 is 0. The molecule has 3 rings (SSSR count). The van der Waals surface area contributed by atoms with Gasteiger partial charge in [0.25, 0.3) is 5.91 Å². The molecule has 0 bridgehead atoms. The van der Waals surface area contributed by atoms with Gasteiger partial charge in [0.2, 0.25) is 5.43 Å².